The van der Waals surface area contributed by atoms with Crippen molar-refractivity contribution in [3.8, 4) is 0 Å². The Balaban J connectivity index is 2.58. The van der Waals surface area contributed by atoms with E-state index in [4.69, 9.17) is 5.11 Å². The van der Waals surface area contributed by atoms with Gasteiger partial charge in [0, 0.05) is 17.8 Å². The van der Waals surface area contributed by atoms with E-state index in [0.717, 1.165) is 12.1 Å². The molecule has 2 N–H and O–H groups in total. The number of aliphatic hydroxyl groups is 1. The Labute approximate surface area is 79.6 Å². The van der Waals surface area contributed by atoms with Crippen molar-refractivity contribution in [1.82, 2.24) is 0 Å². The number of nitrogens with one attached hydrogen (secondary N) is 1. The Kier molecular flexibility index (Phi) is 3.32. The lowest BCUT2D eigenvalue weighted by Crippen LogP contribution is -2.31. The van der Waals surface area contributed by atoms with Crippen LogP contribution in [-0.4, -0.2) is 17.3 Å². The van der Waals surface area contributed by atoms with E-state index in [0.29, 0.717) is 0 Å². The molecule has 72 valence electrons. The van der Waals surface area contributed by atoms with Crippen molar-refractivity contribution in [1.29, 1.82) is 0 Å². The largest absolute Gasteiger partial charge is 0.396 e. The van der Waals surface area contributed by atoms with Gasteiger partial charge in [0.15, 0.2) is 0 Å². The highest BCUT2D eigenvalue weighted by Gasteiger charge is 2.15. The lowest BCUT2D eigenvalue weighted by Gasteiger charge is -2.26. The number of benzene rings is 1. The summed E-state index contributed by atoms with van der Waals surface area (Å²) in [5.41, 5.74) is 1.05. The van der Waals surface area contributed by atoms with Gasteiger partial charge in [-0.15, -0.1) is 0 Å². The minimum absolute atomic E-state index is 0.0455. The monoisotopic (exact) mass is 179 g/mol. The van der Waals surface area contributed by atoms with Crippen molar-refractivity contribution >= 4 is 5.69 Å². The van der Waals surface area contributed by atoms with Crippen molar-refractivity contribution in [3.05, 3.63) is 30.3 Å². The standard InChI is InChI=1S/C11H17NO/c1-11(2,8-9-13)12-10-6-4-3-5-7-10/h3-7,12-13H,8-9H2,1-2H3. The third-order valence-corrected chi connectivity index (χ3v) is 1.99. The Hall–Kier alpha value is -1.02. The number of hydrogen-bond acceptors (Lipinski definition) is 2. The van der Waals surface area contributed by atoms with Crippen LogP contribution < -0.4 is 5.32 Å². The maximum atomic E-state index is 8.84. The number of para-hydroxylation sites is 1. The number of rotatable bonds is 4. The molecule has 0 atom stereocenters. The van der Waals surface area contributed by atoms with Crippen molar-refractivity contribution in [3.63, 3.8) is 0 Å². The summed E-state index contributed by atoms with van der Waals surface area (Å²) < 4.78 is 0. The zero-order valence-corrected chi connectivity index (χ0v) is 8.25. The molecule has 0 aliphatic carbocycles. The molecule has 0 spiro atoms. The van der Waals surface area contributed by atoms with E-state index >= 15 is 0 Å². The summed E-state index contributed by atoms with van der Waals surface area (Å²) in [4.78, 5) is 0. The van der Waals surface area contributed by atoms with E-state index in [9.17, 15) is 0 Å². The first-order valence-corrected chi connectivity index (χ1v) is 4.58. The minimum Gasteiger partial charge on any atom is -0.396 e. The topological polar surface area (TPSA) is 32.3 Å². The molecule has 1 aromatic rings. The SMILES string of the molecule is CC(C)(CCO)Nc1ccccc1. The third kappa shape index (κ3) is 3.47. The van der Waals surface area contributed by atoms with Crippen LogP contribution in [0.1, 0.15) is 20.3 Å². The van der Waals surface area contributed by atoms with E-state index in [1.807, 2.05) is 30.3 Å². The van der Waals surface area contributed by atoms with E-state index in [2.05, 4.69) is 19.2 Å². The maximum Gasteiger partial charge on any atom is 0.0453 e. The van der Waals surface area contributed by atoms with Gasteiger partial charge in [-0.25, -0.2) is 0 Å². The fraction of sp³-hybridized carbons (Fsp3) is 0.455. The lowest BCUT2D eigenvalue weighted by molar-refractivity contribution is 0.261. The highest BCUT2D eigenvalue weighted by Crippen LogP contribution is 2.16. The van der Waals surface area contributed by atoms with Crippen LogP contribution in [0.2, 0.25) is 0 Å². The highest BCUT2D eigenvalue weighted by atomic mass is 16.3. The van der Waals surface area contributed by atoms with Crippen molar-refractivity contribution in [2.24, 2.45) is 0 Å². The van der Waals surface area contributed by atoms with Crippen LogP contribution >= 0.6 is 0 Å². The highest BCUT2D eigenvalue weighted by molar-refractivity contribution is 5.44. The zero-order chi connectivity index (χ0) is 9.73. The van der Waals surface area contributed by atoms with Crippen molar-refractivity contribution in [2.45, 2.75) is 25.8 Å². The average Bonchev–Trinajstić information content (AvgIpc) is 2.04. The Morgan fingerprint density at radius 2 is 1.85 bits per heavy atom. The van der Waals surface area contributed by atoms with Crippen LogP contribution in [0.4, 0.5) is 5.69 Å². The quantitative estimate of drug-likeness (QED) is 0.743. The zero-order valence-electron chi connectivity index (χ0n) is 8.25. The molecule has 0 saturated carbocycles. The predicted octanol–water partition coefficient (Wildman–Crippen LogP) is 2.26. The average molecular weight is 179 g/mol. The molecule has 0 aliphatic heterocycles. The van der Waals surface area contributed by atoms with Gasteiger partial charge < -0.3 is 10.4 Å². The summed E-state index contributed by atoms with van der Waals surface area (Å²) in [5, 5.41) is 12.2. The Morgan fingerprint density at radius 1 is 1.23 bits per heavy atom. The molecule has 1 aromatic carbocycles. The Bertz CT molecular complexity index is 244. The molecule has 0 saturated heterocycles. The van der Waals surface area contributed by atoms with Gasteiger partial charge in [-0.2, -0.15) is 0 Å². The fourth-order valence-corrected chi connectivity index (χ4v) is 1.25. The van der Waals surface area contributed by atoms with Gasteiger partial charge >= 0.3 is 0 Å². The molecular weight excluding hydrogens is 162 g/mol. The van der Waals surface area contributed by atoms with E-state index in [-0.39, 0.29) is 12.1 Å². The van der Waals surface area contributed by atoms with Crippen molar-refractivity contribution in [2.75, 3.05) is 11.9 Å². The normalized spacial score (nSPS) is 11.3. The van der Waals surface area contributed by atoms with Crippen molar-refractivity contribution < 1.29 is 5.11 Å². The molecule has 0 aliphatic rings. The van der Waals surface area contributed by atoms with Crippen LogP contribution in [0.25, 0.3) is 0 Å². The van der Waals surface area contributed by atoms with Crippen LogP contribution in [0.15, 0.2) is 30.3 Å². The van der Waals surface area contributed by atoms with E-state index in [1.54, 1.807) is 0 Å². The molecule has 13 heavy (non-hydrogen) atoms. The molecular formula is C11H17NO. The van der Waals surface area contributed by atoms with Gasteiger partial charge in [-0.05, 0) is 32.4 Å². The number of anilines is 1. The molecule has 1 rings (SSSR count). The summed E-state index contributed by atoms with van der Waals surface area (Å²) in [5.74, 6) is 0. The molecule has 0 aromatic heterocycles. The van der Waals surface area contributed by atoms with Crippen LogP contribution in [0.3, 0.4) is 0 Å². The first kappa shape index (κ1) is 10.1. The van der Waals surface area contributed by atoms with Gasteiger partial charge in [0.1, 0.15) is 0 Å². The molecule has 0 amide bonds. The third-order valence-electron chi connectivity index (χ3n) is 1.99. The lowest BCUT2D eigenvalue weighted by atomic mass is 10.0. The van der Waals surface area contributed by atoms with Gasteiger partial charge in [0.2, 0.25) is 0 Å². The first-order chi connectivity index (χ1) is 6.14. The second-order valence-corrected chi connectivity index (χ2v) is 3.85. The summed E-state index contributed by atoms with van der Waals surface area (Å²) in [6.45, 7) is 4.37. The van der Waals surface area contributed by atoms with Gasteiger partial charge in [-0.1, -0.05) is 18.2 Å². The van der Waals surface area contributed by atoms with Crippen LogP contribution in [0, 0.1) is 0 Å². The Morgan fingerprint density at radius 3 is 2.38 bits per heavy atom. The van der Waals surface area contributed by atoms with E-state index in [1.165, 1.54) is 0 Å². The summed E-state index contributed by atoms with van der Waals surface area (Å²) in [6.07, 6.45) is 0.752. The van der Waals surface area contributed by atoms with Crippen LogP contribution in [0.5, 0.6) is 0 Å². The molecule has 0 radical (unpaired) electrons. The number of hydrogen-bond donors (Lipinski definition) is 2. The molecule has 2 nitrogen and oxygen atoms in total. The maximum absolute atomic E-state index is 8.84. The van der Waals surface area contributed by atoms with Crippen LogP contribution in [-0.2, 0) is 0 Å². The fourth-order valence-electron chi connectivity index (χ4n) is 1.25. The molecule has 0 fully saturated rings. The van der Waals surface area contributed by atoms with Gasteiger partial charge in [0.25, 0.3) is 0 Å². The first-order valence-electron chi connectivity index (χ1n) is 4.58. The molecule has 0 heterocycles. The second kappa shape index (κ2) is 4.28. The number of aliphatic hydroxyl groups excluding tert-OH is 1. The molecule has 0 bridgehead atoms. The summed E-state index contributed by atoms with van der Waals surface area (Å²) >= 11 is 0. The molecule has 0 unspecified atom stereocenters. The molecule has 2 heteroatoms. The van der Waals surface area contributed by atoms with Gasteiger partial charge in [0.05, 0.1) is 0 Å². The summed E-state index contributed by atoms with van der Waals surface area (Å²) in [6, 6.07) is 10.0. The predicted molar refractivity (Wildman–Crippen MR) is 55.8 cm³/mol. The van der Waals surface area contributed by atoms with Gasteiger partial charge in [-0.3, -0.25) is 0 Å². The summed E-state index contributed by atoms with van der Waals surface area (Å²) in [7, 11) is 0. The second-order valence-electron chi connectivity index (χ2n) is 3.85. The van der Waals surface area contributed by atoms with E-state index < -0.39 is 0 Å². The smallest absolute Gasteiger partial charge is 0.0453 e. The minimum atomic E-state index is -0.0455.